The number of hydrogen-bond acceptors (Lipinski definition) is 5. The van der Waals surface area contributed by atoms with E-state index in [-0.39, 0.29) is 23.5 Å². The zero-order valence-electron chi connectivity index (χ0n) is 12.5. The standard InChI is InChI=1S/C15H12ClN3O5/c1-17(9-11-8-13(19(23)24)5-6-14(11)16)15(20)10-3-2-4-12(7-10)18(21)22/h2-8H,9H2,1H3. The number of amides is 1. The molecule has 0 spiro atoms. The Morgan fingerprint density at radius 3 is 2.33 bits per heavy atom. The van der Waals surface area contributed by atoms with Crippen molar-refractivity contribution in [3.05, 3.63) is 78.8 Å². The third-order valence-electron chi connectivity index (χ3n) is 3.30. The number of non-ortho nitro benzene ring substituents is 2. The van der Waals surface area contributed by atoms with Crippen molar-refractivity contribution in [2.45, 2.75) is 6.54 Å². The van der Waals surface area contributed by atoms with Crippen LogP contribution >= 0.6 is 11.6 Å². The molecule has 0 unspecified atom stereocenters. The molecule has 8 nitrogen and oxygen atoms in total. The van der Waals surface area contributed by atoms with Crippen LogP contribution in [0.2, 0.25) is 5.02 Å². The summed E-state index contributed by atoms with van der Waals surface area (Å²) in [6.45, 7) is 0.0298. The van der Waals surface area contributed by atoms with Crippen LogP contribution in [0.4, 0.5) is 11.4 Å². The van der Waals surface area contributed by atoms with Gasteiger partial charge in [0.1, 0.15) is 0 Å². The molecular weight excluding hydrogens is 338 g/mol. The lowest BCUT2D eigenvalue weighted by Crippen LogP contribution is -2.26. The summed E-state index contributed by atoms with van der Waals surface area (Å²) in [5.41, 5.74) is 0.230. The van der Waals surface area contributed by atoms with Gasteiger partial charge in [0.05, 0.1) is 9.85 Å². The molecule has 0 N–H and O–H groups in total. The van der Waals surface area contributed by atoms with Gasteiger partial charge in [-0.2, -0.15) is 0 Å². The monoisotopic (exact) mass is 349 g/mol. The van der Waals surface area contributed by atoms with Crippen LogP contribution < -0.4 is 0 Å². The second kappa shape index (κ2) is 7.05. The largest absolute Gasteiger partial charge is 0.337 e. The third kappa shape index (κ3) is 3.85. The van der Waals surface area contributed by atoms with Crippen LogP contribution in [0.3, 0.4) is 0 Å². The maximum atomic E-state index is 12.4. The molecule has 2 aromatic rings. The number of rotatable bonds is 5. The van der Waals surface area contributed by atoms with E-state index in [0.717, 1.165) is 0 Å². The van der Waals surface area contributed by atoms with Crippen molar-refractivity contribution < 1.29 is 14.6 Å². The van der Waals surface area contributed by atoms with Gasteiger partial charge in [-0.3, -0.25) is 25.0 Å². The summed E-state index contributed by atoms with van der Waals surface area (Å²) in [5.74, 6) is -0.457. The molecule has 24 heavy (non-hydrogen) atoms. The Labute approximate surface area is 141 Å². The Hall–Kier alpha value is -3.00. The van der Waals surface area contributed by atoms with Crippen molar-refractivity contribution in [2.24, 2.45) is 0 Å². The Morgan fingerprint density at radius 2 is 1.71 bits per heavy atom. The van der Waals surface area contributed by atoms with E-state index < -0.39 is 15.8 Å². The van der Waals surface area contributed by atoms with E-state index in [1.54, 1.807) is 0 Å². The molecular formula is C15H12ClN3O5. The second-order valence-electron chi connectivity index (χ2n) is 5.00. The van der Waals surface area contributed by atoms with Gasteiger partial charge in [-0.05, 0) is 17.7 Å². The van der Waals surface area contributed by atoms with Gasteiger partial charge in [-0.15, -0.1) is 0 Å². The highest BCUT2D eigenvalue weighted by molar-refractivity contribution is 6.31. The number of nitrogens with zero attached hydrogens (tertiary/aromatic N) is 3. The van der Waals surface area contributed by atoms with Gasteiger partial charge >= 0.3 is 0 Å². The fourth-order valence-electron chi connectivity index (χ4n) is 2.10. The lowest BCUT2D eigenvalue weighted by atomic mass is 10.1. The molecule has 0 aliphatic rings. The highest BCUT2D eigenvalue weighted by atomic mass is 35.5. The molecule has 2 rings (SSSR count). The molecule has 0 saturated heterocycles. The lowest BCUT2D eigenvalue weighted by molar-refractivity contribution is -0.385. The minimum absolute atomic E-state index is 0.0298. The highest BCUT2D eigenvalue weighted by Crippen LogP contribution is 2.24. The average Bonchev–Trinajstić information content (AvgIpc) is 2.55. The quantitative estimate of drug-likeness (QED) is 0.607. The maximum absolute atomic E-state index is 12.4. The summed E-state index contributed by atoms with van der Waals surface area (Å²) in [4.78, 5) is 34.1. The number of carbonyl (C=O) groups is 1. The second-order valence-corrected chi connectivity index (χ2v) is 5.41. The SMILES string of the molecule is CN(Cc1cc([N+](=O)[O-])ccc1Cl)C(=O)c1cccc([N+](=O)[O-])c1. The van der Waals surface area contributed by atoms with Crippen LogP contribution in [-0.4, -0.2) is 27.7 Å². The molecule has 0 radical (unpaired) electrons. The van der Waals surface area contributed by atoms with E-state index in [1.165, 1.54) is 54.4 Å². The minimum Gasteiger partial charge on any atom is -0.337 e. The highest BCUT2D eigenvalue weighted by Gasteiger charge is 2.18. The van der Waals surface area contributed by atoms with E-state index in [2.05, 4.69) is 0 Å². The summed E-state index contributed by atoms with van der Waals surface area (Å²) in [6, 6.07) is 9.29. The van der Waals surface area contributed by atoms with Crippen LogP contribution in [0.5, 0.6) is 0 Å². The molecule has 1 amide bonds. The summed E-state index contributed by atoms with van der Waals surface area (Å²) in [7, 11) is 1.48. The van der Waals surface area contributed by atoms with E-state index in [1.807, 2.05) is 0 Å². The van der Waals surface area contributed by atoms with E-state index in [4.69, 9.17) is 11.6 Å². The first-order valence-corrected chi connectivity index (χ1v) is 7.10. The van der Waals surface area contributed by atoms with Crippen LogP contribution in [0.15, 0.2) is 42.5 Å². The summed E-state index contributed by atoms with van der Waals surface area (Å²) in [5, 5.41) is 21.9. The van der Waals surface area contributed by atoms with Gasteiger partial charge in [0, 0.05) is 48.4 Å². The molecule has 0 aliphatic carbocycles. The Kier molecular flexibility index (Phi) is 5.10. The Bertz CT molecular complexity index is 825. The number of nitro benzene ring substituents is 2. The van der Waals surface area contributed by atoms with Gasteiger partial charge in [-0.1, -0.05) is 17.7 Å². The van der Waals surface area contributed by atoms with E-state index in [0.29, 0.717) is 10.6 Å². The van der Waals surface area contributed by atoms with Gasteiger partial charge < -0.3 is 4.90 Å². The van der Waals surface area contributed by atoms with Crippen LogP contribution in [0.25, 0.3) is 0 Å². The van der Waals surface area contributed by atoms with Crippen molar-refractivity contribution in [1.82, 2.24) is 4.90 Å². The average molecular weight is 350 g/mol. The van der Waals surface area contributed by atoms with Crippen LogP contribution in [-0.2, 0) is 6.54 Å². The predicted octanol–water partition coefficient (Wildman–Crippen LogP) is 3.43. The number of carbonyl (C=O) groups excluding carboxylic acids is 1. The van der Waals surface area contributed by atoms with Crippen molar-refractivity contribution in [2.75, 3.05) is 7.05 Å². The number of hydrogen-bond donors (Lipinski definition) is 0. The first-order chi connectivity index (χ1) is 11.3. The lowest BCUT2D eigenvalue weighted by Gasteiger charge is -2.18. The predicted molar refractivity (Wildman–Crippen MR) is 87.0 cm³/mol. The number of benzene rings is 2. The Balaban J connectivity index is 2.23. The van der Waals surface area contributed by atoms with Crippen molar-refractivity contribution >= 4 is 28.9 Å². The molecule has 0 saturated carbocycles. The van der Waals surface area contributed by atoms with Gasteiger partial charge in [-0.25, -0.2) is 0 Å². The van der Waals surface area contributed by atoms with Gasteiger partial charge in [0.15, 0.2) is 0 Å². The van der Waals surface area contributed by atoms with Crippen LogP contribution in [0, 0.1) is 20.2 Å². The van der Waals surface area contributed by atoms with Crippen molar-refractivity contribution in [1.29, 1.82) is 0 Å². The number of nitro groups is 2. The molecule has 2 aromatic carbocycles. The van der Waals surface area contributed by atoms with Crippen molar-refractivity contribution in [3.8, 4) is 0 Å². The normalized spacial score (nSPS) is 10.2. The zero-order valence-corrected chi connectivity index (χ0v) is 13.3. The Morgan fingerprint density at radius 1 is 1.08 bits per heavy atom. The molecule has 124 valence electrons. The molecule has 0 aliphatic heterocycles. The molecule has 0 atom stereocenters. The first-order valence-electron chi connectivity index (χ1n) is 6.72. The molecule has 0 fully saturated rings. The van der Waals surface area contributed by atoms with Crippen molar-refractivity contribution in [3.63, 3.8) is 0 Å². The summed E-state index contributed by atoms with van der Waals surface area (Å²) >= 11 is 6.01. The van der Waals surface area contributed by atoms with Gasteiger partial charge in [0.2, 0.25) is 0 Å². The van der Waals surface area contributed by atoms with E-state index >= 15 is 0 Å². The fraction of sp³-hybridized carbons (Fsp3) is 0.133. The molecule has 0 heterocycles. The van der Waals surface area contributed by atoms with E-state index in [9.17, 15) is 25.0 Å². The van der Waals surface area contributed by atoms with Crippen LogP contribution in [0.1, 0.15) is 15.9 Å². The van der Waals surface area contributed by atoms with Gasteiger partial charge in [0.25, 0.3) is 17.3 Å². The maximum Gasteiger partial charge on any atom is 0.270 e. The topological polar surface area (TPSA) is 107 Å². The summed E-state index contributed by atoms with van der Waals surface area (Å²) < 4.78 is 0. The third-order valence-corrected chi connectivity index (χ3v) is 3.67. The summed E-state index contributed by atoms with van der Waals surface area (Å²) in [6.07, 6.45) is 0. The zero-order chi connectivity index (χ0) is 17.9. The number of halogens is 1. The molecule has 0 bridgehead atoms. The first kappa shape index (κ1) is 17.4. The molecule has 9 heteroatoms. The smallest absolute Gasteiger partial charge is 0.270 e. The minimum atomic E-state index is -0.589. The molecule has 0 aromatic heterocycles. The fourth-order valence-corrected chi connectivity index (χ4v) is 2.27.